The summed E-state index contributed by atoms with van der Waals surface area (Å²) in [6.07, 6.45) is 6.79. The normalized spacial score (nSPS) is 14.4. The maximum atomic E-state index is 12.5. The van der Waals surface area contributed by atoms with Crippen LogP contribution in [0.25, 0.3) is 0 Å². The minimum Gasteiger partial charge on any atom is -0.298 e. The first kappa shape index (κ1) is 20.5. The van der Waals surface area contributed by atoms with Crippen LogP contribution in [0.4, 0.5) is 5.13 Å². The van der Waals surface area contributed by atoms with Crippen LogP contribution in [0.2, 0.25) is 0 Å². The van der Waals surface area contributed by atoms with Crippen LogP contribution in [0, 0.1) is 11.3 Å². The summed E-state index contributed by atoms with van der Waals surface area (Å²) in [6.45, 7) is 0.0514. The summed E-state index contributed by atoms with van der Waals surface area (Å²) in [5, 5.41) is 11.9. The number of amides is 1. The molecule has 2 N–H and O–H groups in total. The number of rotatable bonds is 6. The smallest absolute Gasteiger partial charge is 0.257 e. The number of carbonyl (C=O) groups excluding carboxylic acids is 1. The average Bonchev–Trinajstić information content (AvgIpc) is 3.02. The first-order valence-corrected chi connectivity index (χ1v) is 11.6. The van der Waals surface area contributed by atoms with E-state index < -0.39 is 10.0 Å². The number of anilines is 1. The highest BCUT2D eigenvalue weighted by molar-refractivity contribution is 7.89. The molecule has 1 aromatic carbocycles. The highest BCUT2D eigenvalue weighted by Crippen LogP contribution is 2.28. The van der Waals surface area contributed by atoms with E-state index in [4.69, 9.17) is 5.26 Å². The third kappa shape index (κ3) is 5.16. The molecule has 0 bridgehead atoms. The number of thiazole rings is 1. The third-order valence-electron chi connectivity index (χ3n) is 4.52. The largest absolute Gasteiger partial charge is 0.298 e. The number of sulfonamides is 1. The van der Waals surface area contributed by atoms with Crippen molar-refractivity contribution < 1.29 is 13.2 Å². The summed E-state index contributed by atoms with van der Waals surface area (Å²) >= 11 is 1.52. The van der Waals surface area contributed by atoms with Crippen molar-refractivity contribution in [2.75, 3.05) is 11.9 Å². The highest BCUT2D eigenvalue weighted by Gasteiger charge is 2.17. The Morgan fingerprint density at radius 2 is 1.86 bits per heavy atom. The number of aromatic nitrogens is 1. The summed E-state index contributed by atoms with van der Waals surface area (Å²) in [5.74, 6) is -0.317. The molecule has 0 saturated heterocycles. The molecule has 0 atom stereocenters. The van der Waals surface area contributed by atoms with Gasteiger partial charge in [-0.05, 0) is 49.9 Å². The molecule has 0 saturated carbocycles. The van der Waals surface area contributed by atoms with Gasteiger partial charge in [0.15, 0.2) is 5.13 Å². The molecule has 3 rings (SSSR count). The average molecular weight is 419 g/mol. The van der Waals surface area contributed by atoms with Gasteiger partial charge in [-0.15, -0.1) is 11.3 Å². The van der Waals surface area contributed by atoms with Crippen LogP contribution in [0.5, 0.6) is 0 Å². The minimum atomic E-state index is -3.69. The Labute approximate surface area is 168 Å². The maximum Gasteiger partial charge on any atom is 0.257 e. The SMILES string of the molecule is N#CCCNS(=O)(=O)c1ccc(C(=O)Nc2nc3c(s2)CCCCCC3)cc1. The number of hydrogen-bond acceptors (Lipinski definition) is 6. The Morgan fingerprint density at radius 1 is 1.14 bits per heavy atom. The van der Waals surface area contributed by atoms with Crippen LogP contribution in [-0.2, 0) is 22.9 Å². The second-order valence-corrected chi connectivity index (χ2v) is 9.44. The Balaban J connectivity index is 1.67. The second kappa shape index (κ2) is 9.28. The van der Waals surface area contributed by atoms with E-state index in [1.807, 2.05) is 6.07 Å². The van der Waals surface area contributed by atoms with Crippen molar-refractivity contribution in [3.63, 3.8) is 0 Å². The third-order valence-corrected chi connectivity index (χ3v) is 7.07. The van der Waals surface area contributed by atoms with E-state index in [0.717, 1.165) is 31.4 Å². The van der Waals surface area contributed by atoms with Crippen molar-refractivity contribution in [2.45, 2.75) is 49.8 Å². The molecule has 1 aromatic heterocycles. The molecule has 0 radical (unpaired) electrons. The summed E-state index contributed by atoms with van der Waals surface area (Å²) in [7, 11) is -3.69. The fourth-order valence-corrected chi connectivity index (χ4v) is 5.12. The van der Waals surface area contributed by atoms with Gasteiger partial charge in [-0.1, -0.05) is 12.8 Å². The van der Waals surface area contributed by atoms with Crippen LogP contribution in [-0.4, -0.2) is 25.9 Å². The summed E-state index contributed by atoms with van der Waals surface area (Å²) in [4.78, 5) is 18.4. The Morgan fingerprint density at radius 3 is 2.57 bits per heavy atom. The zero-order valence-electron chi connectivity index (χ0n) is 15.4. The highest BCUT2D eigenvalue weighted by atomic mass is 32.2. The van der Waals surface area contributed by atoms with Gasteiger partial charge >= 0.3 is 0 Å². The van der Waals surface area contributed by atoms with Gasteiger partial charge in [-0.3, -0.25) is 10.1 Å². The standard InChI is InChI=1S/C19H22N4O3S2/c20-12-5-13-21-28(25,26)15-10-8-14(9-11-15)18(24)23-19-22-16-6-3-1-2-4-7-17(16)27-19/h8-11,21H,1-7,13H2,(H,22,23,24). The van der Waals surface area contributed by atoms with Crippen molar-refractivity contribution >= 4 is 32.4 Å². The molecule has 0 unspecified atom stereocenters. The van der Waals surface area contributed by atoms with Gasteiger partial charge in [0.2, 0.25) is 10.0 Å². The minimum absolute atomic E-state index is 0.0514. The molecule has 2 aromatic rings. The molecule has 1 amide bonds. The van der Waals surface area contributed by atoms with Crippen molar-refractivity contribution in [3.05, 3.63) is 40.4 Å². The molecule has 7 nitrogen and oxygen atoms in total. The molecule has 0 spiro atoms. The van der Waals surface area contributed by atoms with Crippen LogP contribution < -0.4 is 10.0 Å². The van der Waals surface area contributed by atoms with Crippen LogP contribution in [0.1, 0.15) is 53.0 Å². The molecular weight excluding hydrogens is 396 g/mol. The van der Waals surface area contributed by atoms with E-state index in [0.29, 0.717) is 10.7 Å². The Kier molecular flexibility index (Phi) is 6.78. The Hall–Kier alpha value is -2.28. The fourth-order valence-electron chi connectivity index (χ4n) is 3.04. The number of benzene rings is 1. The topological polar surface area (TPSA) is 112 Å². The number of nitrogens with zero attached hydrogens (tertiary/aromatic N) is 2. The quantitative estimate of drug-likeness (QED) is 0.700. The van der Waals surface area contributed by atoms with Crippen molar-refractivity contribution in [1.82, 2.24) is 9.71 Å². The van der Waals surface area contributed by atoms with Gasteiger partial charge in [-0.2, -0.15) is 5.26 Å². The fraction of sp³-hybridized carbons (Fsp3) is 0.421. The number of nitrogens with one attached hydrogen (secondary N) is 2. The maximum absolute atomic E-state index is 12.5. The molecule has 148 valence electrons. The lowest BCUT2D eigenvalue weighted by Crippen LogP contribution is -2.24. The molecule has 9 heteroatoms. The second-order valence-electron chi connectivity index (χ2n) is 6.59. The number of fused-ring (bicyclic) bond motifs is 1. The van der Waals surface area contributed by atoms with Crippen molar-refractivity contribution in [3.8, 4) is 6.07 Å². The monoisotopic (exact) mass is 418 g/mol. The van der Waals surface area contributed by atoms with E-state index in [1.54, 1.807) is 0 Å². The van der Waals surface area contributed by atoms with Gasteiger partial charge in [0.1, 0.15) is 0 Å². The van der Waals surface area contributed by atoms with Crippen LogP contribution in [0.15, 0.2) is 29.2 Å². The van der Waals surface area contributed by atoms with E-state index in [1.165, 1.54) is 53.3 Å². The van der Waals surface area contributed by atoms with Gasteiger partial charge < -0.3 is 0 Å². The van der Waals surface area contributed by atoms with Gasteiger partial charge in [0.25, 0.3) is 5.91 Å². The van der Waals surface area contributed by atoms with E-state index in [-0.39, 0.29) is 23.8 Å². The first-order valence-electron chi connectivity index (χ1n) is 9.26. The molecule has 1 aliphatic rings. The molecule has 28 heavy (non-hydrogen) atoms. The molecule has 1 heterocycles. The lowest BCUT2D eigenvalue weighted by molar-refractivity contribution is 0.102. The van der Waals surface area contributed by atoms with Crippen molar-refractivity contribution in [2.24, 2.45) is 0 Å². The first-order chi connectivity index (χ1) is 13.5. The molecule has 0 aliphatic heterocycles. The summed E-state index contributed by atoms with van der Waals surface area (Å²) < 4.78 is 26.6. The summed E-state index contributed by atoms with van der Waals surface area (Å²) in [5.41, 5.74) is 1.45. The predicted molar refractivity (Wildman–Crippen MR) is 108 cm³/mol. The predicted octanol–water partition coefficient (Wildman–Crippen LogP) is 3.25. The van der Waals surface area contributed by atoms with E-state index >= 15 is 0 Å². The Bertz CT molecular complexity index is 950. The van der Waals surface area contributed by atoms with Gasteiger partial charge in [-0.25, -0.2) is 18.1 Å². The number of nitriles is 1. The molecule has 0 fully saturated rings. The zero-order chi connectivity index (χ0) is 20.0. The van der Waals surface area contributed by atoms with Gasteiger partial charge in [0.05, 0.1) is 16.7 Å². The molecular formula is C19H22N4O3S2. The lowest BCUT2D eigenvalue weighted by Gasteiger charge is -2.06. The molecule has 1 aliphatic carbocycles. The van der Waals surface area contributed by atoms with E-state index in [2.05, 4.69) is 15.0 Å². The van der Waals surface area contributed by atoms with Gasteiger partial charge in [0, 0.05) is 23.4 Å². The number of hydrogen-bond donors (Lipinski definition) is 2. The summed E-state index contributed by atoms with van der Waals surface area (Å²) in [6, 6.07) is 7.58. The lowest BCUT2D eigenvalue weighted by atomic mass is 10.0. The van der Waals surface area contributed by atoms with E-state index in [9.17, 15) is 13.2 Å². The number of aryl methyl sites for hydroxylation is 2. The zero-order valence-corrected chi connectivity index (χ0v) is 17.0. The van der Waals surface area contributed by atoms with Crippen LogP contribution >= 0.6 is 11.3 Å². The number of carbonyl (C=O) groups is 1. The van der Waals surface area contributed by atoms with Crippen molar-refractivity contribution in [1.29, 1.82) is 5.26 Å². The van der Waals surface area contributed by atoms with Crippen LogP contribution in [0.3, 0.4) is 0 Å².